The van der Waals surface area contributed by atoms with Gasteiger partial charge in [0.15, 0.2) is 0 Å². The normalized spacial score (nSPS) is 11.2. The van der Waals surface area contributed by atoms with Gasteiger partial charge in [-0.1, -0.05) is 37.3 Å². The van der Waals surface area contributed by atoms with E-state index >= 15 is 0 Å². The summed E-state index contributed by atoms with van der Waals surface area (Å²) >= 11 is 1.67. The van der Waals surface area contributed by atoms with Crippen LogP contribution < -0.4 is 5.43 Å². The van der Waals surface area contributed by atoms with Gasteiger partial charge in [0, 0.05) is 11.8 Å². The van der Waals surface area contributed by atoms with Crippen molar-refractivity contribution < 1.29 is 9.85 Å². The number of non-ortho nitro benzene ring substituents is 1. The molecule has 0 atom stereocenters. The van der Waals surface area contributed by atoms with Gasteiger partial charge in [-0.25, -0.2) is 0 Å². The van der Waals surface area contributed by atoms with Gasteiger partial charge in [-0.15, -0.1) is 0 Å². The van der Waals surface area contributed by atoms with E-state index in [1.54, 1.807) is 11.8 Å². The molecule has 9 heteroatoms. The van der Waals surface area contributed by atoms with Crippen molar-refractivity contribution in [3.8, 4) is 0 Å². The van der Waals surface area contributed by atoms with Gasteiger partial charge in [0.2, 0.25) is 0 Å². The van der Waals surface area contributed by atoms with Gasteiger partial charge in [-0.3, -0.25) is 25.7 Å². The van der Waals surface area contributed by atoms with Crippen LogP contribution in [0.2, 0.25) is 0 Å². The molecule has 0 aliphatic rings. The Morgan fingerprint density at radius 2 is 1.84 bits per heavy atom. The lowest BCUT2D eigenvalue weighted by molar-refractivity contribution is -0.393. The predicted octanol–water partition coefficient (Wildman–Crippen LogP) is 4.07. The standard InChI is InChI=1S/C16H16N4O4S/c1-2-25-11-15(12-6-4-3-5-7-12)18-17-14-9-8-13(19(21)22)10-16(14)20(23)24/h3-10,17H,2,11H2,1H3/b18-15+. The lowest BCUT2D eigenvalue weighted by Gasteiger charge is -2.08. The van der Waals surface area contributed by atoms with Gasteiger partial charge in [0.1, 0.15) is 5.69 Å². The van der Waals surface area contributed by atoms with Crippen molar-refractivity contribution in [1.29, 1.82) is 0 Å². The molecule has 130 valence electrons. The van der Waals surface area contributed by atoms with Crippen molar-refractivity contribution in [3.63, 3.8) is 0 Å². The minimum atomic E-state index is -0.673. The third kappa shape index (κ3) is 5.01. The van der Waals surface area contributed by atoms with Crippen molar-refractivity contribution >= 4 is 34.5 Å². The van der Waals surface area contributed by atoms with Gasteiger partial charge in [-0.05, 0) is 17.4 Å². The van der Waals surface area contributed by atoms with Crippen LogP contribution in [0.4, 0.5) is 17.1 Å². The lowest BCUT2D eigenvalue weighted by atomic mass is 10.1. The van der Waals surface area contributed by atoms with Crippen LogP contribution in [-0.2, 0) is 0 Å². The number of nitrogens with zero attached hydrogens (tertiary/aromatic N) is 3. The zero-order valence-corrected chi connectivity index (χ0v) is 14.2. The van der Waals surface area contributed by atoms with Crippen molar-refractivity contribution in [2.24, 2.45) is 5.10 Å². The summed E-state index contributed by atoms with van der Waals surface area (Å²) in [5.74, 6) is 1.54. The molecule has 2 aromatic carbocycles. The Morgan fingerprint density at radius 1 is 1.12 bits per heavy atom. The summed E-state index contributed by atoms with van der Waals surface area (Å²) in [6, 6.07) is 12.9. The van der Waals surface area contributed by atoms with Gasteiger partial charge in [-0.2, -0.15) is 16.9 Å². The number of anilines is 1. The SMILES string of the molecule is CCSC/C(=N\Nc1ccc([N+](=O)[O-])cc1[N+](=O)[O-])c1ccccc1. The number of hydrazone groups is 1. The van der Waals surface area contributed by atoms with Crippen LogP contribution in [0, 0.1) is 20.2 Å². The van der Waals surface area contributed by atoms with Crippen molar-refractivity contribution in [2.45, 2.75) is 6.92 Å². The fraction of sp³-hybridized carbons (Fsp3) is 0.188. The van der Waals surface area contributed by atoms with E-state index in [4.69, 9.17) is 0 Å². The highest BCUT2D eigenvalue weighted by Crippen LogP contribution is 2.29. The van der Waals surface area contributed by atoms with Gasteiger partial charge in [0.05, 0.1) is 21.6 Å². The first kappa shape index (κ1) is 18.4. The molecule has 0 amide bonds. The smallest absolute Gasteiger partial charge is 0.271 e. The number of hydrogen-bond acceptors (Lipinski definition) is 7. The minimum Gasteiger partial charge on any atom is -0.271 e. The monoisotopic (exact) mass is 360 g/mol. The molecular weight excluding hydrogens is 344 g/mol. The van der Waals surface area contributed by atoms with Crippen LogP contribution >= 0.6 is 11.8 Å². The minimum absolute atomic E-state index is 0.102. The Balaban J connectivity index is 2.33. The first-order chi connectivity index (χ1) is 12.0. The summed E-state index contributed by atoms with van der Waals surface area (Å²) in [5, 5.41) is 26.3. The molecule has 0 fully saturated rings. The van der Waals surface area contributed by atoms with Crippen molar-refractivity contribution in [3.05, 3.63) is 74.3 Å². The quantitative estimate of drug-likeness (QED) is 0.431. The molecule has 1 N–H and O–H groups in total. The molecule has 2 aromatic rings. The van der Waals surface area contributed by atoms with Crippen LogP contribution in [0.15, 0.2) is 53.6 Å². The van der Waals surface area contributed by atoms with Crippen molar-refractivity contribution in [2.75, 3.05) is 16.9 Å². The first-order valence-electron chi connectivity index (χ1n) is 7.41. The largest absolute Gasteiger partial charge is 0.301 e. The zero-order valence-electron chi connectivity index (χ0n) is 13.4. The number of nitro groups is 2. The Bertz CT molecular complexity index is 796. The number of benzene rings is 2. The third-order valence-corrected chi connectivity index (χ3v) is 4.14. The Labute approximate surface area is 148 Å². The molecule has 0 radical (unpaired) electrons. The average molecular weight is 360 g/mol. The Morgan fingerprint density at radius 3 is 2.44 bits per heavy atom. The van der Waals surface area contributed by atoms with E-state index in [0.29, 0.717) is 5.75 Å². The third-order valence-electron chi connectivity index (χ3n) is 3.25. The summed E-state index contributed by atoms with van der Waals surface area (Å²) in [4.78, 5) is 20.6. The summed E-state index contributed by atoms with van der Waals surface area (Å²) < 4.78 is 0. The summed E-state index contributed by atoms with van der Waals surface area (Å²) in [7, 11) is 0. The van der Waals surface area contributed by atoms with E-state index in [2.05, 4.69) is 10.5 Å². The molecule has 0 aliphatic heterocycles. The van der Waals surface area contributed by atoms with Crippen LogP contribution in [0.3, 0.4) is 0 Å². The lowest BCUT2D eigenvalue weighted by Crippen LogP contribution is -2.08. The van der Waals surface area contributed by atoms with E-state index in [-0.39, 0.29) is 11.4 Å². The number of rotatable bonds is 8. The number of nitro benzene ring substituents is 2. The molecule has 0 saturated heterocycles. The van der Waals surface area contributed by atoms with E-state index in [1.807, 2.05) is 37.3 Å². The second kappa shape index (κ2) is 8.78. The summed E-state index contributed by atoms with van der Waals surface area (Å²) in [6.45, 7) is 2.03. The van der Waals surface area contributed by atoms with E-state index < -0.39 is 15.5 Å². The Kier molecular flexibility index (Phi) is 6.47. The molecule has 0 bridgehead atoms. The molecule has 0 unspecified atom stereocenters. The topological polar surface area (TPSA) is 111 Å². The molecule has 0 aromatic heterocycles. The van der Waals surface area contributed by atoms with Gasteiger partial charge in [0.25, 0.3) is 5.69 Å². The summed E-state index contributed by atoms with van der Waals surface area (Å²) in [5.41, 5.74) is 3.68. The first-order valence-corrected chi connectivity index (χ1v) is 8.57. The van der Waals surface area contributed by atoms with Crippen LogP contribution in [0.5, 0.6) is 0 Å². The highest BCUT2D eigenvalue weighted by molar-refractivity contribution is 7.99. The maximum absolute atomic E-state index is 11.2. The highest BCUT2D eigenvalue weighted by atomic mass is 32.2. The average Bonchev–Trinajstić information content (AvgIpc) is 2.62. The Hall–Kier alpha value is -2.94. The fourth-order valence-electron chi connectivity index (χ4n) is 2.02. The van der Waals surface area contributed by atoms with E-state index in [9.17, 15) is 20.2 Å². The predicted molar refractivity (Wildman–Crippen MR) is 99.4 cm³/mol. The van der Waals surface area contributed by atoms with Crippen LogP contribution in [-0.4, -0.2) is 27.1 Å². The molecule has 0 saturated carbocycles. The van der Waals surface area contributed by atoms with E-state index in [0.717, 1.165) is 23.1 Å². The van der Waals surface area contributed by atoms with Crippen molar-refractivity contribution in [1.82, 2.24) is 0 Å². The maximum atomic E-state index is 11.2. The molecule has 8 nitrogen and oxygen atoms in total. The number of thioether (sulfide) groups is 1. The highest BCUT2D eigenvalue weighted by Gasteiger charge is 2.19. The molecular formula is C16H16N4O4S. The maximum Gasteiger partial charge on any atom is 0.301 e. The fourth-order valence-corrected chi connectivity index (χ4v) is 2.65. The summed E-state index contributed by atoms with van der Waals surface area (Å²) in [6.07, 6.45) is 0. The number of hydrogen-bond donors (Lipinski definition) is 1. The van der Waals surface area contributed by atoms with E-state index in [1.165, 1.54) is 12.1 Å². The van der Waals surface area contributed by atoms with Gasteiger partial charge >= 0.3 is 5.69 Å². The molecule has 2 rings (SSSR count). The van der Waals surface area contributed by atoms with Gasteiger partial charge < -0.3 is 0 Å². The molecule has 0 aliphatic carbocycles. The molecule has 25 heavy (non-hydrogen) atoms. The second-order valence-corrected chi connectivity index (χ2v) is 6.16. The number of nitrogens with one attached hydrogen (secondary N) is 1. The zero-order chi connectivity index (χ0) is 18.2. The second-order valence-electron chi connectivity index (χ2n) is 4.89. The molecule has 0 spiro atoms. The van der Waals surface area contributed by atoms with Crippen LogP contribution in [0.1, 0.15) is 12.5 Å². The molecule has 0 heterocycles. The van der Waals surface area contributed by atoms with Crippen LogP contribution in [0.25, 0.3) is 0 Å².